The van der Waals surface area contributed by atoms with Crippen LogP contribution in [0.1, 0.15) is 52.4 Å². The van der Waals surface area contributed by atoms with Crippen LogP contribution in [-0.4, -0.2) is 25.2 Å². The van der Waals surface area contributed by atoms with Crippen LogP contribution in [0.15, 0.2) is 12.2 Å². The zero-order valence-electron chi connectivity index (χ0n) is 11.4. The third-order valence-electron chi connectivity index (χ3n) is 2.38. The number of hydrogen-bond donors (Lipinski definition) is 0. The summed E-state index contributed by atoms with van der Waals surface area (Å²) in [6.07, 6.45) is 9.08. The second-order valence-electron chi connectivity index (χ2n) is 4.02. The van der Waals surface area contributed by atoms with Gasteiger partial charge in [0.2, 0.25) is 0 Å². The lowest BCUT2D eigenvalue weighted by Gasteiger charge is -2.02. The molecule has 0 saturated carbocycles. The number of carbonyl (C=O) groups excluding carboxylic acids is 2. The van der Waals surface area contributed by atoms with E-state index in [1.54, 1.807) is 6.92 Å². The smallest absolute Gasteiger partial charge is 0.331 e. The minimum Gasteiger partial charge on any atom is -0.463 e. The molecule has 0 N–H and O–H groups in total. The average Bonchev–Trinajstić information content (AvgIpc) is 2.35. The summed E-state index contributed by atoms with van der Waals surface area (Å²) < 4.78 is 9.58. The van der Waals surface area contributed by atoms with E-state index in [0.717, 1.165) is 25.0 Å². The fraction of sp³-hybridized carbons (Fsp3) is 0.714. The van der Waals surface area contributed by atoms with Gasteiger partial charge in [0.25, 0.3) is 0 Å². The Morgan fingerprint density at radius 2 is 1.39 bits per heavy atom. The van der Waals surface area contributed by atoms with Crippen LogP contribution in [0.5, 0.6) is 0 Å². The van der Waals surface area contributed by atoms with Gasteiger partial charge >= 0.3 is 11.9 Å². The van der Waals surface area contributed by atoms with Crippen LogP contribution in [0.25, 0.3) is 0 Å². The van der Waals surface area contributed by atoms with Gasteiger partial charge in [-0.25, -0.2) is 9.59 Å². The molecule has 0 aliphatic rings. The molecule has 4 nitrogen and oxygen atoms in total. The molecule has 0 bridgehead atoms. The van der Waals surface area contributed by atoms with Crippen molar-refractivity contribution in [1.82, 2.24) is 0 Å². The van der Waals surface area contributed by atoms with Crippen molar-refractivity contribution in [1.29, 1.82) is 0 Å². The summed E-state index contributed by atoms with van der Waals surface area (Å²) in [7, 11) is 0. The number of esters is 2. The Bertz CT molecular complexity index is 259. The number of hydrogen-bond acceptors (Lipinski definition) is 4. The Morgan fingerprint density at radius 1 is 0.833 bits per heavy atom. The van der Waals surface area contributed by atoms with E-state index in [9.17, 15) is 9.59 Å². The van der Waals surface area contributed by atoms with E-state index in [1.807, 2.05) is 0 Å². The molecule has 18 heavy (non-hydrogen) atoms. The topological polar surface area (TPSA) is 52.6 Å². The Kier molecular flexibility index (Phi) is 11.3. The van der Waals surface area contributed by atoms with Crippen molar-refractivity contribution in [2.75, 3.05) is 13.2 Å². The van der Waals surface area contributed by atoms with Gasteiger partial charge in [-0.1, -0.05) is 39.0 Å². The van der Waals surface area contributed by atoms with E-state index in [4.69, 9.17) is 4.74 Å². The van der Waals surface area contributed by atoms with E-state index in [1.165, 1.54) is 25.7 Å². The molecule has 0 unspecified atom stereocenters. The molecule has 0 amide bonds. The van der Waals surface area contributed by atoms with E-state index < -0.39 is 11.9 Å². The van der Waals surface area contributed by atoms with Crippen molar-refractivity contribution in [2.45, 2.75) is 52.4 Å². The van der Waals surface area contributed by atoms with Gasteiger partial charge < -0.3 is 9.47 Å². The summed E-state index contributed by atoms with van der Waals surface area (Å²) in [6.45, 7) is 4.61. The third-order valence-corrected chi connectivity index (χ3v) is 2.38. The fourth-order valence-corrected chi connectivity index (χ4v) is 1.43. The van der Waals surface area contributed by atoms with Crippen LogP contribution in [0, 0.1) is 0 Å². The average molecular weight is 256 g/mol. The van der Waals surface area contributed by atoms with Gasteiger partial charge in [0, 0.05) is 12.2 Å². The second kappa shape index (κ2) is 12.1. The molecule has 104 valence electrons. The molecule has 0 radical (unpaired) electrons. The summed E-state index contributed by atoms with van der Waals surface area (Å²) in [6, 6.07) is 0. The first kappa shape index (κ1) is 16.7. The molecule has 0 rings (SSSR count). The van der Waals surface area contributed by atoms with Crippen molar-refractivity contribution in [3.8, 4) is 0 Å². The standard InChI is InChI=1S/C14H24O4/c1-3-5-6-7-8-9-12-18-14(16)11-10-13(15)17-4-2/h10-11H,3-9,12H2,1-2H3. The molecule has 0 fully saturated rings. The lowest BCUT2D eigenvalue weighted by atomic mass is 10.1. The normalized spacial score (nSPS) is 10.6. The van der Waals surface area contributed by atoms with Gasteiger partial charge in [0.05, 0.1) is 13.2 Å². The second-order valence-corrected chi connectivity index (χ2v) is 4.02. The highest BCUT2D eigenvalue weighted by molar-refractivity contribution is 5.91. The molecule has 0 aliphatic carbocycles. The summed E-state index contributed by atoms with van der Waals surface area (Å²) in [5.41, 5.74) is 0. The van der Waals surface area contributed by atoms with Gasteiger partial charge in [-0.05, 0) is 13.3 Å². The van der Waals surface area contributed by atoms with E-state index in [2.05, 4.69) is 11.7 Å². The number of ether oxygens (including phenoxy) is 2. The zero-order valence-corrected chi connectivity index (χ0v) is 11.4. The summed E-state index contributed by atoms with van der Waals surface area (Å²) in [5.74, 6) is -1.01. The quantitative estimate of drug-likeness (QED) is 0.342. The van der Waals surface area contributed by atoms with Crippen LogP contribution < -0.4 is 0 Å². The van der Waals surface area contributed by atoms with Crippen LogP contribution in [0.3, 0.4) is 0 Å². The monoisotopic (exact) mass is 256 g/mol. The van der Waals surface area contributed by atoms with Crippen LogP contribution in [0.4, 0.5) is 0 Å². The number of unbranched alkanes of at least 4 members (excludes halogenated alkanes) is 5. The maximum atomic E-state index is 11.2. The lowest BCUT2D eigenvalue weighted by molar-refractivity contribution is -0.140. The maximum absolute atomic E-state index is 11.2. The van der Waals surface area contributed by atoms with Crippen LogP contribution in [-0.2, 0) is 19.1 Å². The molecule has 0 heterocycles. The molecule has 4 heteroatoms. The van der Waals surface area contributed by atoms with Crippen LogP contribution in [0.2, 0.25) is 0 Å². The molecule has 0 aromatic carbocycles. The van der Waals surface area contributed by atoms with Crippen molar-refractivity contribution < 1.29 is 19.1 Å². The van der Waals surface area contributed by atoms with Gasteiger partial charge in [0.1, 0.15) is 0 Å². The summed E-state index contributed by atoms with van der Waals surface area (Å²) >= 11 is 0. The highest BCUT2D eigenvalue weighted by Crippen LogP contribution is 2.04. The summed E-state index contributed by atoms with van der Waals surface area (Å²) in [5, 5.41) is 0. The number of rotatable bonds is 10. The highest BCUT2D eigenvalue weighted by atomic mass is 16.5. The van der Waals surface area contributed by atoms with Crippen molar-refractivity contribution >= 4 is 11.9 Å². The maximum Gasteiger partial charge on any atom is 0.331 e. The van der Waals surface area contributed by atoms with Crippen molar-refractivity contribution in [2.24, 2.45) is 0 Å². The molecular formula is C14H24O4. The van der Waals surface area contributed by atoms with E-state index in [0.29, 0.717) is 13.2 Å². The minimum absolute atomic E-state index is 0.302. The van der Waals surface area contributed by atoms with E-state index in [-0.39, 0.29) is 0 Å². The molecule has 0 atom stereocenters. The van der Waals surface area contributed by atoms with Gasteiger partial charge in [-0.3, -0.25) is 0 Å². The fourth-order valence-electron chi connectivity index (χ4n) is 1.43. The Balaban J connectivity index is 3.45. The Morgan fingerprint density at radius 3 is 2.00 bits per heavy atom. The van der Waals surface area contributed by atoms with Gasteiger partial charge in [-0.15, -0.1) is 0 Å². The lowest BCUT2D eigenvalue weighted by Crippen LogP contribution is -2.05. The Labute approximate surface area is 109 Å². The molecular weight excluding hydrogens is 232 g/mol. The first-order valence-corrected chi connectivity index (χ1v) is 6.72. The summed E-state index contributed by atoms with van der Waals surface area (Å²) in [4.78, 5) is 22.1. The van der Waals surface area contributed by atoms with E-state index >= 15 is 0 Å². The predicted octanol–water partition coefficient (Wildman–Crippen LogP) is 3.01. The van der Waals surface area contributed by atoms with Crippen molar-refractivity contribution in [3.05, 3.63) is 12.2 Å². The molecule has 0 aromatic heterocycles. The molecule has 0 saturated heterocycles. The first-order valence-electron chi connectivity index (χ1n) is 6.72. The van der Waals surface area contributed by atoms with Gasteiger partial charge in [0.15, 0.2) is 0 Å². The SMILES string of the molecule is CCCCCCCCOC(=O)C=CC(=O)OCC. The zero-order chi connectivity index (χ0) is 13.6. The minimum atomic E-state index is -0.519. The predicted molar refractivity (Wildman–Crippen MR) is 70.1 cm³/mol. The van der Waals surface area contributed by atoms with Crippen molar-refractivity contribution in [3.63, 3.8) is 0 Å². The highest BCUT2D eigenvalue weighted by Gasteiger charge is 1.99. The third kappa shape index (κ3) is 11.2. The van der Waals surface area contributed by atoms with Crippen LogP contribution >= 0.6 is 0 Å². The molecule has 0 aromatic rings. The van der Waals surface area contributed by atoms with Gasteiger partial charge in [-0.2, -0.15) is 0 Å². The molecule has 0 aliphatic heterocycles. The first-order chi connectivity index (χ1) is 8.70. The number of carbonyl (C=O) groups is 2. The molecule has 0 spiro atoms. The largest absolute Gasteiger partial charge is 0.463 e. The Hall–Kier alpha value is -1.32.